The van der Waals surface area contributed by atoms with Gasteiger partial charge in [-0.2, -0.15) is 0 Å². The fourth-order valence-electron chi connectivity index (χ4n) is 1.73. The first-order chi connectivity index (χ1) is 10.0. The van der Waals surface area contributed by atoms with Crippen molar-refractivity contribution in [3.05, 3.63) is 23.9 Å². The number of guanidine groups is 1. The van der Waals surface area contributed by atoms with Crippen LogP contribution in [0.15, 0.2) is 23.3 Å². The van der Waals surface area contributed by atoms with Crippen LogP contribution in [0.5, 0.6) is 5.88 Å². The van der Waals surface area contributed by atoms with E-state index in [1.165, 1.54) is 0 Å². The van der Waals surface area contributed by atoms with Crippen molar-refractivity contribution in [1.29, 1.82) is 0 Å². The molecule has 0 bridgehead atoms. The van der Waals surface area contributed by atoms with Crippen molar-refractivity contribution in [2.24, 2.45) is 4.99 Å². The van der Waals surface area contributed by atoms with Crippen molar-refractivity contribution in [3.63, 3.8) is 0 Å². The van der Waals surface area contributed by atoms with Crippen molar-refractivity contribution in [1.82, 2.24) is 15.6 Å². The first-order valence-electron chi connectivity index (χ1n) is 7.12. The summed E-state index contributed by atoms with van der Waals surface area (Å²) in [6.45, 7) is 7.27. The molecule has 2 N–H and O–H groups in total. The normalized spacial score (nSPS) is 13.1. The Morgan fingerprint density at radius 2 is 2.10 bits per heavy atom. The quantitative estimate of drug-likeness (QED) is 0.590. The molecule has 6 nitrogen and oxygen atoms in total. The molecular formula is C15H26N4O2. The lowest BCUT2D eigenvalue weighted by Gasteiger charge is -2.17. The van der Waals surface area contributed by atoms with Crippen LogP contribution in [0.1, 0.15) is 26.3 Å². The largest absolute Gasteiger partial charge is 0.475 e. The number of hydrogen-bond donors (Lipinski definition) is 2. The standard InChI is InChI=1S/C15H26N4O2/c1-11(2)21-14-7-6-13(8-17-14)9-18-15(16-4)19-12(3)10-20-5/h6-8,11-12H,9-10H2,1-5H3,(H2,16,18,19). The van der Waals surface area contributed by atoms with Gasteiger partial charge in [-0.3, -0.25) is 4.99 Å². The van der Waals surface area contributed by atoms with E-state index in [1.807, 2.05) is 32.9 Å². The minimum absolute atomic E-state index is 0.131. The topological polar surface area (TPSA) is 67.8 Å². The van der Waals surface area contributed by atoms with E-state index in [1.54, 1.807) is 20.4 Å². The summed E-state index contributed by atoms with van der Waals surface area (Å²) in [5.74, 6) is 1.38. The van der Waals surface area contributed by atoms with Gasteiger partial charge in [-0.15, -0.1) is 0 Å². The summed E-state index contributed by atoms with van der Waals surface area (Å²) in [5.41, 5.74) is 1.06. The molecule has 1 aromatic rings. The van der Waals surface area contributed by atoms with Crippen LogP contribution in [0.3, 0.4) is 0 Å². The third-order valence-electron chi connectivity index (χ3n) is 2.64. The van der Waals surface area contributed by atoms with Gasteiger partial charge in [0.15, 0.2) is 5.96 Å². The van der Waals surface area contributed by atoms with E-state index in [4.69, 9.17) is 9.47 Å². The molecule has 0 saturated heterocycles. The minimum Gasteiger partial charge on any atom is -0.475 e. The zero-order chi connectivity index (χ0) is 15.7. The number of ether oxygens (including phenoxy) is 2. The molecule has 0 fully saturated rings. The summed E-state index contributed by atoms with van der Waals surface area (Å²) in [4.78, 5) is 8.45. The van der Waals surface area contributed by atoms with Crippen LogP contribution in [0.2, 0.25) is 0 Å². The summed E-state index contributed by atoms with van der Waals surface area (Å²) in [7, 11) is 3.42. The predicted octanol–water partition coefficient (Wildman–Crippen LogP) is 1.57. The van der Waals surface area contributed by atoms with Crippen LogP contribution in [0.4, 0.5) is 0 Å². The summed E-state index contributed by atoms with van der Waals surface area (Å²) in [6, 6.07) is 4.06. The lowest BCUT2D eigenvalue weighted by atomic mass is 10.3. The van der Waals surface area contributed by atoms with Crippen LogP contribution in [-0.4, -0.2) is 43.9 Å². The molecule has 0 radical (unpaired) electrons. The van der Waals surface area contributed by atoms with Gasteiger partial charge in [0.1, 0.15) is 0 Å². The third-order valence-corrected chi connectivity index (χ3v) is 2.64. The fraction of sp³-hybridized carbons (Fsp3) is 0.600. The van der Waals surface area contributed by atoms with Gasteiger partial charge in [-0.1, -0.05) is 6.07 Å². The molecule has 1 atom stereocenters. The van der Waals surface area contributed by atoms with E-state index < -0.39 is 0 Å². The maximum atomic E-state index is 5.51. The number of aromatic nitrogens is 1. The first-order valence-corrected chi connectivity index (χ1v) is 7.12. The summed E-state index contributed by atoms with van der Waals surface area (Å²) in [6.07, 6.45) is 1.93. The molecular weight excluding hydrogens is 268 g/mol. The Morgan fingerprint density at radius 1 is 1.33 bits per heavy atom. The van der Waals surface area contributed by atoms with E-state index in [-0.39, 0.29) is 12.1 Å². The van der Waals surface area contributed by atoms with E-state index in [0.29, 0.717) is 19.0 Å². The van der Waals surface area contributed by atoms with E-state index in [9.17, 15) is 0 Å². The predicted molar refractivity (Wildman–Crippen MR) is 84.7 cm³/mol. The maximum Gasteiger partial charge on any atom is 0.213 e. The number of hydrogen-bond acceptors (Lipinski definition) is 4. The Labute approximate surface area is 127 Å². The highest BCUT2D eigenvalue weighted by atomic mass is 16.5. The molecule has 0 aromatic carbocycles. The zero-order valence-corrected chi connectivity index (χ0v) is 13.5. The van der Waals surface area contributed by atoms with Crippen molar-refractivity contribution in [2.75, 3.05) is 20.8 Å². The first kappa shape index (κ1) is 17.2. The molecule has 0 saturated carbocycles. The van der Waals surface area contributed by atoms with Crippen molar-refractivity contribution in [2.45, 2.75) is 39.5 Å². The summed E-state index contributed by atoms with van der Waals surface area (Å²) >= 11 is 0. The molecule has 0 aliphatic rings. The van der Waals surface area contributed by atoms with Crippen molar-refractivity contribution in [3.8, 4) is 5.88 Å². The highest BCUT2D eigenvalue weighted by Gasteiger charge is 2.05. The van der Waals surface area contributed by atoms with E-state index in [0.717, 1.165) is 11.5 Å². The van der Waals surface area contributed by atoms with Crippen LogP contribution in [0.25, 0.3) is 0 Å². The van der Waals surface area contributed by atoms with Gasteiger partial charge in [0.05, 0.1) is 12.7 Å². The van der Waals surface area contributed by atoms with Crippen molar-refractivity contribution < 1.29 is 9.47 Å². The van der Waals surface area contributed by atoms with Gasteiger partial charge >= 0.3 is 0 Å². The maximum absolute atomic E-state index is 5.51. The Kier molecular flexibility index (Phi) is 7.53. The van der Waals surface area contributed by atoms with Gasteiger partial charge in [-0.05, 0) is 26.3 Å². The van der Waals surface area contributed by atoms with Gasteiger partial charge in [0, 0.05) is 39.0 Å². The molecule has 6 heteroatoms. The Balaban J connectivity index is 2.46. The Hall–Kier alpha value is -1.82. The molecule has 1 heterocycles. The molecule has 21 heavy (non-hydrogen) atoms. The average molecular weight is 294 g/mol. The molecule has 0 aliphatic carbocycles. The molecule has 1 rings (SSSR count). The second-order valence-corrected chi connectivity index (χ2v) is 5.10. The van der Waals surface area contributed by atoms with Crippen molar-refractivity contribution >= 4 is 5.96 Å². The zero-order valence-electron chi connectivity index (χ0n) is 13.5. The Morgan fingerprint density at radius 3 is 2.62 bits per heavy atom. The number of aliphatic imine (C=N–C) groups is 1. The SMILES string of the molecule is CN=C(NCc1ccc(OC(C)C)nc1)NC(C)COC. The smallest absolute Gasteiger partial charge is 0.213 e. The number of pyridine rings is 1. The number of methoxy groups -OCH3 is 1. The molecule has 1 unspecified atom stereocenters. The number of nitrogens with one attached hydrogen (secondary N) is 2. The molecule has 1 aromatic heterocycles. The van der Waals surface area contributed by atoms with Crippen LogP contribution in [0, 0.1) is 0 Å². The highest BCUT2D eigenvalue weighted by molar-refractivity contribution is 5.79. The summed E-state index contributed by atoms with van der Waals surface area (Å²) < 4.78 is 10.6. The van der Waals surface area contributed by atoms with E-state index in [2.05, 4.69) is 20.6 Å². The number of rotatable bonds is 7. The van der Waals surface area contributed by atoms with Gasteiger partial charge < -0.3 is 20.1 Å². The second-order valence-electron chi connectivity index (χ2n) is 5.10. The summed E-state index contributed by atoms with van der Waals surface area (Å²) in [5, 5.41) is 6.48. The molecule has 0 aliphatic heterocycles. The van der Waals surface area contributed by atoms with Gasteiger partial charge in [-0.25, -0.2) is 4.98 Å². The highest BCUT2D eigenvalue weighted by Crippen LogP contribution is 2.09. The third kappa shape index (κ3) is 6.94. The van der Waals surface area contributed by atoms with Gasteiger partial charge in [0.2, 0.25) is 5.88 Å². The number of nitrogens with zero attached hydrogens (tertiary/aromatic N) is 2. The molecule has 118 valence electrons. The van der Waals surface area contributed by atoms with Crippen LogP contribution < -0.4 is 15.4 Å². The lowest BCUT2D eigenvalue weighted by molar-refractivity contribution is 0.179. The van der Waals surface area contributed by atoms with Crippen LogP contribution in [-0.2, 0) is 11.3 Å². The van der Waals surface area contributed by atoms with E-state index >= 15 is 0 Å². The second kappa shape index (κ2) is 9.18. The lowest BCUT2D eigenvalue weighted by Crippen LogP contribution is -2.43. The van der Waals surface area contributed by atoms with Gasteiger partial charge in [0.25, 0.3) is 0 Å². The Bertz CT molecular complexity index is 432. The average Bonchev–Trinajstić information content (AvgIpc) is 2.44. The molecule has 0 spiro atoms. The van der Waals surface area contributed by atoms with Crippen LogP contribution >= 0.6 is 0 Å². The minimum atomic E-state index is 0.131. The fourth-order valence-corrected chi connectivity index (χ4v) is 1.73. The monoisotopic (exact) mass is 294 g/mol. The molecule has 0 amide bonds.